The van der Waals surface area contributed by atoms with Gasteiger partial charge >= 0.3 is 0 Å². The average molecular weight is 262 g/mol. The second-order valence-electron chi connectivity index (χ2n) is 6.66. The van der Waals surface area contributed by atoms with Crippen molar-refractivity contribution in [3.8, 4) is 0 Å². The van der Waals surface area contributed by atoms with Gasteiger partial charge in [0.25, 0.3) is 0 Å². The van der Waals surface area contributed by atoms with Gasteiger partial charge in [-0.1, -0.05) is 0 Å². The number of hydrogen-bond acceptors (Lipinski definition) is 3. The largest absolute Gasteiger partial charge is 0.314 e. The molecule has 1 aromatic rings. The molecule has 5 rings (SSSR count). The van der Waals surface area contributed by atoms with Crippen LogP contribution in [0, 0.1) is 23.7 Å². The molecule has 4 fully saturated rings. The number of aromatic nitrogens is 1. The summed E-state index contributed by atoms with van der Waals surface area (Å²) in [7, 11) is 2.00. The Kier molecular flexibility index (Phi) is 2.73. The fourth-order valence-electron chi connectivity index (χ4n) is 5.07. The van der Waals surface area contributed by atoms with E-state index in [1.54, 1.807) is 6.42 Å². The molecule has 0 atom stereocenters. The van der Waals surface area contributed by atoms with Crippen LogP contribution >= 0.6 is 11.3 Å². The lowest BCUT2D eigenvalue weighted by molar-refractivity contribution is -0.00287. The molecule has 1 heterocycles. The zero-order chi connectivity index (χ0) is 12.1. The molecule has 0 aliphatic heterocycles. The maximum Gasteiger partial charge on any atom is 0.0965 e. The van der Waals surface area contributed by atoms with Crippen LogP contribution in [-0.2, 0) is 6.54 Å². The summed E-state index contributed by atoms with van der Waals surface area (Å²) in [5.74, 6) is 4.89. The topological polar surface area (TPSA) is 24.9 Å². The van der Waals surface area contributed by atoms with Crippen molar-refractivity contribution >= 4 is 11.3 Å². The summed E-state index contributed by atoms with van der Waals surface area (Å²) in [6, 6.07) is 0. The molecule has 18 heavy (non-hydrogen) atoms. The van der Waals surface area contributed by atoms with Gasteiger partial charge in [0.1, 0.15) is 0 Å². The van der Waals surface area contributed by atoms with Gasteiger partial charge in [-0.25, -0.2) is 4.98 Å². The van der Waals surface area contributed by atoms with Crippen molar-refractivity contribution < 1.29 is 0 Å². The molecule has 4 bridgehead atoms. The van der Waals surface area contributed by atoms with Gasteiger partial charge in [-0.2, -0.15) is 0 Å². The Bertz CT molecular complexity index is 411. The molecule has 1 aromatic heterocycles. The Labute approximate surface area is 113 Å². The van der Waals surface area contributed by atoms with Gasteiger partial charge in [0.2, 0.25) is 0 Å². The average Bonchev–Trinajstić information content (AvgIpc) is 2.76. The van der Waals surface area contributed by atoms with Crippen LogP contribution in [0.1, 0.15) is 48.7 Å². The van der Waals surface area contributed by atoms with Crippen molar-refractivity contribution in [2.75, 3.05) is 7.05 Å². The molecule has 0 unspecified atom stereocenters. The molecule has 4 aliphatic carbocycles. The van der Waals surface area contributed by atoms with Crippen LogP contribution < -0.4 is 5.32 Å². The van der Waals surface area contributed by atoms with E-state index in [4.69, 9.17) is 4.98 Å². The normalized spacial score (nSPS) is 41.5. The lowest BCUT2D eigenvalue weighted by Crippen LogP contribution is -2.43. The van der Waals surface area contributed by atoms with Gasteiger partial charge in [0, 0.05) is 17.8 Å². The van der Waals surface area contributed by atoms with E-state index < -0.39 is 0 Å². The third-order valence-corrected chi connectivity index (χ3v) is 6.43. The molecule has 0 radical (unpaired) electrons. The first-order chi connectivity index (χ1) is 8.83. The molecule has 98 valence electrons. The second-order valence-corrected chi connectivity index (χ2v) is 7.55. The highest BCUT2D eigenvalue weighted by Gasteiger charge is 2.49. The summed E-state index contributed by atoms with van der Waals surface area (Å²) in [4.78, 5) is 4.90. The lowest BCUT2D eigenvalue weighted by atomic mass is 9.52. The van der Waals surface area contributed by atoms with Gasteiger partial charge in [-0.05, 0) is 62.8 Å². The predicted octanol–water partition coefficient (Wildman–Crippen LogP) is 3.40. The molecule has 4 saturated carbocycles. The van der Waals surface area contributed by atoms with E-state index in [-0.39, 0.29) is 0 Å². The number of thiazole rings is 1. The van der Waals surface area contributed by atoms with Gasteiger partial charge in [0.15, 0.2) is 0 Å². The van der Waals surface area contributed by atoms with E-state index in [1.165, 1.54) is 36.4 Å². The molecule has 0 amide bonds. The molecular formula is C15H22N2S. The second kappa shape index (κ2) is 4.31. The van der Waals surface area contributed by atoms with Gasteiger partial charge in [-0.3, -0.25) is 0 Å². The Hall–Kier alpha value is -0.410. The minimum absolute atomic E-state index is 0.813. The molecule has 0 spiro atoms. The van der Waals surface area contributed by atoms with Crippen LogP contribution in [0.2, 0.25) is 0 Å². The number of nitrogens with zero attached hydrogens (tertiary/aromatic N) is 1. The fraction of sp³-hybridized carbons (Fsp3) is 0.800. The SMILES string of the molecule is CNCc1csc(C2C3CC4CC(C3)CC2C4)n1. The first kappa shape index (κ1) is 11.4. The Balaban J connectivity index is 1.60. The number of nitrogens with one attached hydrogen (secondary N) is 1. The summed E-state index contributed by atoms with van der Waals surface area (Å²) in [5.41, 5.74) is 1.24. The molecular weight excluding hydrogens is 240 g/mol. The number of hydrogen-bond donors (Lipinski definition) is 1. The monoisotopic (exact) mass is 262 g/mol. The Morgan fingerprint density at radius 2 is 1.83 bits per heavy atom. The van der Waals surface area contributed by atoms with Crippen LogP contribution in [0.5, 0.6) is 0 Å². The molecule has 0 saturated heterocycles. The molecule has 1 N–H and O–H groups in total. The van der Waals surface area contributed by atoms with Crippen molar-refractivity contribution in [3.05, 3.63) is 16.1 Å². The zero-order valence-electron chi connectivity index (χ0n) is 11.1. The summed E-state index contributed by atoms with van der Waals surface area (Å²) in [5, 5.41) is 6.92. The molecule has 2 nitrogen and oxygen atoms in total. The quantitative estimate of drug-likeness (QED) is 0.903. The maximum absolute atomic E-state index is 4.90. The van der Waals surface area contributed by atoms with Crippen molar-refractivity contribution in [2.24, 2.45) is 23.7 Å². The van der Waals surface area contributed by atoms with Gasteiger partial charge in [-0.15, -0.1) is 11.3 Å². The van der Waals surface area contributed by atoms with Crippen molar-refractivity contribution in [1.29, 1.82) is 0 Å². The summed E-state index contributed by atoms with van der Waals surface area (Å²) < 4.78 is 0. The molecule has 3 heteroatoms. The summed E-state index contributed by atoms with van der Waals surface area (Å²) >= 11 is 1.92. The fourth-order valence-corrected chi connectivity index (χ4v) is 6.17. The zero-order valence-corrected chi connectivity index (χ0v) is 11.9. The first-order valence-corrected chi connectivity index (χ1v) is 8.30. The standard InChI is InChI=1S/C15H22N2S/c1-16-7-13-8-18-15(17-13)14-11-3-9-2-10(5-11)6-12(14)4-9/h8-12,14,16H,2-7H2,1H3. The minimum Gasteiger partial charge on any atom is -0.314 e. The van der Waals surface area contributed by atoms with E-state index in [2.05, 4.69) is 10.7 Å². The summed E-state index contributed by atoms with van der Waals surface area (Å²) in [6.07, 6.45) is 7.54. The highest BCUT2D eigenvalue weighted by molar-refractivity contribution is 7.09. The van der Waals surface area contributed by atoms with E-state index >= 15 is 0 Å². The lowest BCUT2D eigenvalue weighted by Gasteiger charge is -2.53. The van der Waals surface area contributed by atoms with Crippen molar-refractivity contribution in [1.82, 2.24) is 10.3 Å². The molecule has 4 aliphatic rings. The minimum atomic E-state index is 0.813. The predicted molar refractivity (Wildman–Crippen MR) is 74.7 cm³/mol. The highest BCUT2D eigenvalue weighted by atomic mass is 32.1. The van der Waals surface area contributed by atoms with Crippen molar-refractivity contribution in [2.45, 2.75) is 44.6 Å². The van der Waals surface area contributed by atoms with Crippen molar-refractivity contribution in [3.63, 3.8) is 0 Å². The van der Waals surface area contributed by atoms with E-state index in [0.29, 0.717) is 0 Å². The summed E-state index contributed by atoms with van der Waals surface area (Å²) in [6.45, 7) is 0.920. The third-order valence-electron chi connectivity index (χ3n) is 5.44. The van der Waals surface area contributed by atoms with Gasteiger partial charge in [0.05, 0.1) is 10.7 Å². The Morgan fingerprint density at radius 1 is 1.17 bits per heavy atom. The number of rotatable bonds is 3. The van der Waals surface area contributed by atoms with Crippen LogP contribution in [0.15, 0.2) is 5.38 Å². The highest BCUT2D eigenvalue weighted by Crippen LogP contribution is 2.59. The maximum atomic E-state index is 4.90. The van der Waals surface area contributed by atoms with E-state index in [0.717, 1.165) is 36.1 Å². The molecule has 0 aromatic carbocycles. The van der Waals surface area contributed by atoms with Crippen LogP contribution in [-0.4, -0.2) is 12.0 Å². The smallest absolute Gasteiger partial charge is 0.0965 e. The van der Waals surface area contributed by atoms with E-state index in [9.17, 15) is 0 Å². The Morgan fingerprint density at radius 3 is 2.44 bits per heavy atom. The van der Waals surface area contributed by atoms with Crippen LogP contribution in [0.4, 0.5) is 0 Å². The van der Waals surface area contributed by atoms with Crippen LogP contribution in [0.25, 0.3) is 0 Å². The third kappa shape index (κ3) is 1.75. The van der Waals surface area contributed by atoms with Gasteiger partial charge < -0.3 is 5.32 Å². The van der Waals surface area contributed by atoms with Crippen LogP contribution in [0.3, 0.4) is 0 Å². The van der Waals surface area contributed by atoms with E-state index in [1.807, 2.05) is 18.4 Å². The first-order valence-electron chi connectivity index (χ1n) is 7.42.